The number of amides is 1. The fraction of sp³-hybridized carbons (Fsp3) is 0.389. The van der Waals surface area contributed by atoms with Crippen molar-refractivity contribution in [2.24, 2.45) is 0 Å². The van der Waals surface area contributed by atoms with E-state index < -0.39 is 0 Å². The van der Waals surface area contributed by atoms with E-state index >= 15 is 0 Å². The van der Waals surface area contributed by atoms with Gasteiger partial charge in [-0.1, -0.05) is 31.5 Å². The molecule has 2 aliphatic heterocycles. The predicted octanol–water partition coefficient (Wildman–Crippen LogP) is 3.68. The fourth-order valence-corrected chi connectivity index (χ4v) is 4.08. The number of carbonyl (C=O) groups excluding carboxylic acids is 1. The van der Waals surface area contributed by atoms with Gasteiger partial charge in [-0.2, -0.15) is 0 Å². The molecule has 4 nitrogen and oxygen atoms in total. The molecule has 1 amide bonds. The van der Waals surface area contributed by atoms with E-state index in [0.717, 1.165) is 34.0 Å². The Hall–Kier alpha value is -1.78. The number of halogens is 1. The van der Waals surface area contributed by atoms with Crippen LogP contribution >= 0.6 is 11.6 Å². The molecule has 0 saturated heterocycles. The maximum atomic E-state index is 13.0. The van der Waals surface area contributed by atoms with E-state index in [9.17, 15) is 4.79 Å². The summed E-state index contributed by atoms with van der Waals surface area (Å²) in [6, 6.07) is 7.68. The molecule has 2 aliphatic rings. The van der Waals surface area contributed by atoms with Gasteiger partial charge in [0.1, 0.15) is 5.69 Å². The van der Waals surface area contributed by atoms with Crippen molar-refractivity contribution < 1.29 is 9.53 Å². The summed E-state index contributed by atoms with van der Waals surface area (Å²) in [5, 5.41) is 0.724. The van der Waals surface area contributed by atoms with E-state index in [1.165, 1.54) is 0 Å². The number of ether oxygens (including phenoxy) is 1. The Kier molecular flexibility index (Phi) is 3.29. The van der Waals surface area contributed by atoms with Crippen molar-refractivity contribution >= 4 is 23.2 Å². The highest BCUT2D eigenvalue weighted by atomic mass is 35.5. The maximum Gasteiger partial charge on any atom is 0.274 e. The van der Waals surface area contributed by atoms with E-state index in [1.54, 1.807) is 0 Å². The quantitative estimate of drug-likeness (QED) is 0.867. The lowest BCUT2D eigenvalue weighted by atomic mass is 9.87. The first-order valence-electron chi connectivity index (χ1n) is 7.87. The molecular weight excluding hydrogens is 312 g/mol. The van der Waals surface area contributed by atoms with Gasteiger partial charge in [-0.25, -0.2) is 0 Å². The molecule has 0 spiro atoms. The van der Waals surface area contributed by atoms with E-state index in [-0.39, 0.29) is 11.3 Å². The van der Waals surface area contributed by atoms with Gasteiger partial charge in [0.05, 0.1) is 13.2 Å². The van der Waals surface area contributed by atoms with Crippen molar-refractivity contribution in [1.29, 1.82) is 0 Å². The Morgan fingerprint density at radius 1 is 1.39 bits per heavy atom. The number of nitrogens with one attached hydrogen (secondary N) is 1. The van der Waals surface area contributed by atoms with Crippen LogP contribution in [0.2, 0.25) is 5.02 Å². The van der Waals surface area contributed by atoms with Gasteiger partial charge in [-0.15, -0.1) is 0 Å². The molecule has 0 unspecified atom stereocenters. The Bertz CT molecular complexity index is 771. The monoisotopic (exact) mass is 330 g/mol. The van der Waals surface area contributed by atoms with Gasteiger partial charge >= 0.3 is 0 Å². The van der Waals surface area contributed by atoms with Gasteiger partial charge in [0, 0.05) is 40.3 Å². The summed E-state index contributed by atoms with van der Waals surface area (Å²) in [4.78, 5) is 18.1. The molecule has 0 saturated carbocycles. The van der Waals surface area contributed by atoms with Crippen LogP contribution in [0.15, 0.2) is 24.3 Å². The van der Waals surface area contributed by atoms with E-state index in [2.05, 4.69) is 18.8 Å². The summed E-state index contributed by atoms with van der Waals surface area (Å²) >= 11 is 6.39. The van der Waals surface area contributed by atoms with Crippen molar-refractivity contribution in [2.45, 2.75) is 32.3 Å². The lowest BCUT2D eigenvalue weighted by Crippen LogP contribution is -2.34. The van der Waals surface area contributed by atoms with Crippen LogP contribution < -0.4 is 4.90 Å². The maximum absolute atomic E-state index is 13.0. The van der Waals surface area contributed by atoms with Crippen molar-refractivity contribution in [3.63, 3.8) is 0 Å². The zero-order chi connectivity index (χ0) is 16.2. The SMILES string of the molecule is CC1(C)CN(C(=O)c2cc3c([nH]2)CCOC3)c2cccc(Cl)c21. The average molecular weight is 331 g/mol. The van der Waals surface area contributed by atoms with Crippen LogP contribution in [-0.4, -0.2) is 24.0 Å². The van der Waals surface area contributed by atoms with E-state index in [1.807, 2.05) is 29.2 Å². The highest BCUT2D eigenvalue weighted by Gasteiger charge is 2.40. The molecule has 5 heteroatoms. The summed E-state index contributed by atoms with van der Waals surface area (Å²) in [5.74, 6) is -0.00603. The lowest BCUT2D eigenvalue weighted by molar-refractivity contribution is 0.0981. The zero-order valence-electron chi connectivity index (χ0n) is 13.3. The molecule has 23 heavy (non-hydrogen) atoms. The third kappa shape index (κ3) is 2.28. The van der Waals surface area contributed by atoms with Crippen LogP contribution in [0.4, 0.5) is 5.69 Å². The number of aromatic amines is 1. The minimum absolute atomic E-state index is 0.00603. The van der Waals surface area contributed by atoms with Crippen LogP contribution in [0.3, 0.4) is 0 Å². The van der Waals surface area contributed by atoms with E-state index in [4.69, 9.17) is 16.3 Å². The molecule has 4 rings (SSSR count). The smallest absolute Gasteiger partial charge is 0.274 e. The second-order valence-electron chi connectivity index (χ2n) is 6.90. The van der Waals surface area contributed by atoms with Gasteiger partial charge < -0.3 is 14.6 Å². The van der Waals surface area contributed by atoms with Gasteiger partial charge in [-0.3, -0.25) is 4.79 Å². The van der Waals surface area contributed by atoms with Crippen molar-refractivity contribution in [2.75, 3.05) is 18.1 Å². The minimum Gasteiger partial charge on any atom is -0.376 e. The molecule has 0 bridgehead atoms. The Balaban J connectivity index is 1.73. The predicted molar refractivity (Wildman–Crippen MR) is 90.3 cm³/mol. The second kappa shape index (κ2) is 5.11. The summed E-state index contributed by atoms with van der Waals surface area (Å²) in [5.41, 5.74) is 4.64. The number of rotatable bonds is 1. The molecular formula is C18H19ClN2O2. The van der Waals surface area contributed by atoms with E-state index in [0.29, 0.717) is 25.5 Å². The number of H-pyrrole nitrogens is 1. The number of nitrogens with zero attached hydrogens (tertiary/aromatic N) is 1. The topological polar surface area (TPSA) is 45.3 Å². The normalized spacial score (nSPS) is 18.7. The fourth-order valence-electron chi connectivity index (χ4n) is 3.66. The number of fused-ring (bicyclic) bond motifs is 2. The molecule has 0 fully saturated rings. The zero-order valence-corrected chi connectivity index (χ0v) is 14.0. The highest BCUT2D eigenvalue weighted by molar-refractivity contribution is 6.32. The molecule has 0 aliphatic carbocycles. The number of hydrogen-bond donors (Lipinski definition) is 1. The molecule has 1 aromatic heterocycles. The van der Waals surface area contributed by atoms with Crippen molar-refractivity contribution in [3.05, 3.63) is 51.8 Å². The lowest BCUT2D eigenvalue weighted by Gasteiger charge is -2.20. The van der Waals surface area contributed by atoms with Crippen LogP contribution in [0.1, 0.15) is 41.2 Å². The van der Waals surface area contributed by atoms with Crippen LogP contribution in [-0.2, 0) is 23.2 Å². The molecule has 1 aromatic carbocycles. The summed E-state index contributed by atoms with van der Waals surface area (Å²) in [6.07, 6.45) is 0.830. The molecule has 0 radical (unpaired) electrons. The first kappa shape index (κ1) is 14.8. The number of hydrogen-bond acceptors (Lipinski definition) is 2. The molecule has 1 N–H and O–H groups in total. The molecule has 0 atom stereocenters. The number of anilines is 1. The Morgan fingerprint density at radius 2 is 2.22 bits per heavy atom. The van der Waals surface area contributed by atoms with Gasteiger partial charge in [0.2, 0.25) is 0 Å². The van der Waals surface area contributed by atoms with Crippen LogP contribution in [0.5, 0.6) is 0 Å². The largest absolute Gasteiger partial charge is 0.376 e. The molecule has 3 heterocycles. The van der Waals surface area contributed by atoms with Crippen molar-refractivity contribution in [3.8, 4) is 0 Å². The van der Waals surface area contributed by atoms with Crippen LogP contribution in [0.25, 0.3) is 0 Å². The molecule has 2 aromatic rings. The third-order valence-electron chi connectivity index (χ3n) is 4.73. The Morgan fingerprint density at radius 3 is 3.00 bits per heavy atom. The van der Waals surface area contributed by atoms with Gasteiger partial charge in [-0.05, 0) is 23.8 Å². The van der Waals surface area contributed by atoms with Gasteiger partial charge in [0.15, 0.2) is 0 Å². The summed E-state index contributed by atoms with van der Waals surface area (Å²) in [7, 11) is 0. The number of carbonyl (C=O) groups is 1. The first-order valence-corrected chi connectivity index (χ1v) is 8.24. The Labute approximate surface area is 140 Å². The average Bonchev–Trinajstić information content (AvgIpc) is 3.06. The van der Waals surface area contributed by atoms with Crippen molar-refractivity contribution in [1.82, 2.24) is 4.98 Å². The number of benzene rings is 1. The highest BCUT2D eigenvalue weighted by Crippen LogP contribution is 2.44. The third-order valence-corrected chi connectivity index (χ3v) is 5.05. The summed E-state index contributed by atoms with van der Waals surface area (Å²) < 4.78 is 5.46. The first-order chi connectivity index (χ1) is 11.0. The second-order valence-corrected chi connectivity index (χ2v) is 7.31. The standard InChI is InChI=1S/C18H19ClN2O2/c1-18(2)10-21(15-5-3-4-12(19)16(15)18)17(22)14-8-11-9-23-7-6-13(11)20-14/h3-5,8,20H,6-7,9-10H2,1-2H3. The van der Waals surface area contributed by atoms with Gasteiger partial charge in [0.25, 0.3) is 5.91 Å². The van der Waals surface area contributed by atoms with Crippen LogP contribution in [0, 0.1) is 0 Å². The molecule has 120 valence electrons. The number of aromatic nitrogens is 1. The summed E-state index contributed by atoms with van der Waals surface area (Å²) in [6.45, 7) is 6.16. The minimum atomic E-state index is -0.154.